The second kappa shape index (κ2) is 6.43. The van der Waals surface area contributed by atoms with Crippen LogP contribution >= 0.6 is 15.9 Å². The predicted molar refractivity (Wildman–Crippen MR) is 92.2 cm³/mol. The Labute approximate surface area is 148 Å². The minimum absolute atomic E-state index is 0.00634. The van der Waals surface area contributed by atoms with Crippen molar-refractivity contribution >= 4 is 21.8 Å². The van der Waals surface area contributed by atoms with Crippen LogP contribution in [0.5, 0.6) is 11.6 Å². The molecule has 124 valence electrons. The summed E-state index contributed by atoms with van der Waals surface area (Å²) in [4.78, 5) is 18.9. The molecule has 24 heavy (non-hydrogen) atoms. The van der Waals surface area contributed by atoms with Crippen LogP contribution in [0.1, 0.15) is 17.9 Å². The molecule has 0 bridgehead atoms. The van der Waals surface area contributed by atoms with E-state index in [0.717, 1.165) is 22.2 Å². The lowest BCUT2D eigenvalue weighted by molar-refractivity contribution is -0.132. The van der Waals surface area contributed by atoms with E-state index in [1.54, 1.807) is 6.20 Å². The summed E-state index contributed by atoms with van der Waals surface area (Å²) < 4.78 is 12.5. The summed E-state index contributed by atoms with van der Waals surface area (Å²) in [6.07, 6.45) is 2.52. The van der Waals surface area contributed by atoms with E-state index in [9.17, 15) is 4.79 Å². The molecule has 0 N–H and O–H groups in total. The molecule has 2 unspecified atom stereocenters. The van der Waals surface area contributed by atoms with Crippen LogP contribution in [0.3, 0.4) is 0 Å². The highest BCUT2D eigenvalue weighted by Crippen LogP contribution is 2.37. The van der Waals surface area contributed by atoms with Crippen molar-refractivity contribution in [1.29, 1.82) is 0 Å². The van der Waals surface area contributed by atoms with E-state index in [1.165, 1.54) is 0 Å². The van der Waals surface area contributed by atoms with Gasteiger partial charge in [0.2, 0.25) is 11.8 Å². The smallest absolute Gasteiger partial charge is 0.233 e. The standard InChI is InChI=1S/C18H17BrN2O3/c19-12-4-5-16-14(9-12)15(11-23-16)18(22)21-8-6-13(10-21)24-17-3-1-2-7-20-17/h1-5,7,9,13,15H,6,8,10-11H2. The van der Waals surface area contributed by atoms with Crippen molar-refractivity contribution in [2.45, 2.75) is 18.4 Å². The van der Waals surface area contributed by atoms with Crippen LogP contribution in [0.15, 0.2) is 47.1 Å². The molecule has 1 saturated heterocycles. The maximum atomic E-state index is 12.9. The molecule has 1 fully saturated rings. The number of halogens is 1. The number of hydrogen-bond acceptors (Lipinski definition) is 4. The summed E-state index contributed by atoms with van der Waals surface area (Å²) in [6.45, 7) is 1.71. The van der Waals surface area contributed by atoms with Gasteiger partial charge in [-0.1, -0.05) is 22.0 Å². The number of hydrogen-bond donors (Lipinski definition) is 0. The first-order valence-electron chi connectivity index (χ1n) is 7.99. The molecule has 3 heterocycles. The van der Waals surface area contributed by atoms with E-state index < -0.39 is 0 Å². The van der Waals surface area contributed by atoms with Crippen LogP contribution in [0.4, 0.5) is 0 Å². The number of likely N-dealkylation sites (tertiary alicyclic amines) is 1. The minimum atomic E-state index is -0.230. The first-order chi connectivity index (χ1) is 11.7. The van der Waals surface area contributed by atoms with E-state index in [0.29, 0.717) is 25.6 Å². The van der Waals surface area contributed by atoms with Gasteiger partial charge < -0.3 is 14.4 Å². The van der Waals surface area contributed by atoms with Gasteiger partial charge in [0.05, 0.1) is 6.54 Å². The van der Waals surface area contributed by atoms with Gasteiger partial charge in [0, 0.05) is 35.3 Å². The number of nitrogens with zero attached hydrogens (tertiary/aromatic N) is 2. The molecule has 1 aromatic carbocycles. The average Bonchev–Trinajstić information content (AvgIpc) is 3.22. The van der Waals surface area contributed by atoms with Crippen molar-refractivity contribution in [1.82, 2.24) is 9.88 Å². The fourth-order valence-corrected chi connectivity index (χ4v) is 3.60. The molecule has 0 aliphatic carbocycles. The molecule has 1 aromatic heterocycles. The summed E-state index contributed by atoms with van der Waals surface area (Å²) in [6, 6.07) is 11.4. The average molecular weight is 389 g/mol. The van der Waals surface area contributed by atoms with E-state index in [-0.39, 0.29) is 17.9 Å². The maximum absolute atomic E-state index is 12.9. The van der Waals surface area contributed by atoms with Gasteiger partial charge in [0.15, 0.2) is 0 Å². The molecule has 4 rings (SSSR count). The first-order valence-corrected chi connectivity index (χ1v) is 8.79. The van der Waals surface area contributed by atoms with Crippen molar-refractivity contribution in [3.63, 3.8) is 0 Å². The fourth-order valence-electron chi connectivity index (χ4n) is 3.22. The number of benzene rings is 1. The number of amides is 1. The molecule has 1 amide bonds. The molecule has 0 saturated carbocycles. The second-order valence-electron chi connectivity index (χ2n) is 6.03. The molecule has 2 aliphatic heterocycles. The molecule has 0 spiro atoms. The number of rotatable bonds is 3. The van der Waals surface area contributed by atoms with Crippen molar-refractivity contribution in [2.24, 2.45) is 0 Å². The highest BCUT2D eigenvalue weighted by molar-refractivity contribution is 9.10. The molecule has 6 heteroatoms. The van der Waals surface area contributed by atoms with E-state index in [4.69, 9.17) is 9.47 Å². The third-order valence-electron chi connectivity index (χ3n) is 4.43. The van der Waals surface area contributed by atoms with Gasteiger partial charge in [-0.25, -0.2) is 4.98 Å². The largest absolute Gasteiger partial charge is 0.492 e. The number of carbonyl (C=O) groups is 1. The number of pyridine rings is 1. The highest BCUT2D eigenvalue weighted by atomic mass is 79.9. The normalized spacial score (nSPS) is 22.1. The SMILES string of the molecule is O=C(C1COc2ccc(Br)cc21)N1CCC(Oc2ccccn2)C1. The summed E-state index contributed by atoms with van der Waals surface area (Å²) in [7, 11) is 0. The van der Waals surface area contributed by atoms with E-state index in [2.05, 4.69) is 20.9 Å². The molecule has 2 aliphatic rings. The summed E-state index contributed by atoms with van der Waals surface area (Å²) in [5.74, 6) is 1.29. The Bertz CT molecular complexity index is 753. The number of carbonyl (C=O) groups excluding carboxylic acids is 1. The molecular formula is C18H17BrN2O3. The summed E-state index contributed by atoms with van der Waals surface area (Å²) >= 11 is 3.46. The topological polar surface area (TPSA) is 51.7 Å². The zero-order chi connectivity index (χ0) is 16.5. The van der Waals surface area contributed by atoms with Crippen LogP contribution < -0.4 is 9.47 Å². The third-order valence-corrected chi connectivity index (χ3v) is 4.93. The third kappa shape index (κ3) is 2.98. The van der Waals surface area contributed by atoms with Crippen LogP contribution in [-0.2, 0) is 4.79 Å². The van der Waals surface area contributed by atoms with Gasteiger partial charge in [-0.3, -0.25) is 4.79 Å². The Morgan fingerprint density at radius 2 is 2.25 bits per heavy atom. The number of fused-ring (bicyclic) bond motifs is 1. The maximum Gasteiger partial charge on any atom is 0.233 e. The second-order valence-corrected chi connectivity index (χ2v) is 6.94. The lowest BCUT2D eigenvalue weighted by Gasteiger charge is -2.20. The molecule has 2 atom stereocenters. The summed E-state index contributed by atoms with van der Waals surface area (Å²) in [5.41, 5.74) is 0.962. The Kier molecular flexibility index (Phi) is 4.14. The van der Waals surface area contributed by atoms with Gasteiger partial charge in [0.1, 0.15) is 24.4 Å². The highest BCUT2D eigenvalue weighted by Gasteiger charge is 2.37. The molecular weight excluding hydrogens is 372 g/mol. The van der Waals surface area contributed by atoms with Crippen molar-refractivity contribution in [3.8, 4) is 11.6 Å². The van der Waals surface area contributed by atoms with Gasteiger partial charge in [-0.15, -0.1) is 0 Å². The van der Waals surface area contributed by atoms with Crippen LogP contribution in [0.25, 0.3) is 0 Å². The summed E-state index contributed by atoms with van der Waals surface area (Å²) in [5, 5.41) is 0. The van der Waals surface area contributed by atoms with Crippen LogP contribution in [0.2, 0.25) is 0 Å². The van der Waals surface area contributed by atoms with Crippen LogP contribution in [-0.4, -0.2) is 41.6 Å². The van der Waals surface area contributed by atoms with E-state index >= 15 is 0 Å². The van der Waals surface area contributed by atoms with E-state index in [1.807, 2.05) is 41.3 Å². The van der Waals surface area contributed by atoms with Gasteiger partial charge in [0.25, 0.3) is 0 Å². The lowest BCUT2D eigenvalue weighted by Crippen LogP contribution is -2.35. The fraction of sp³-hybridized carbons (Fsp3) is 0.333. The molecule has 5 nitrogen and oxygen atoms in total. The Morgan fingerprint density at radius 3 is 3.08 bits per heavy atom. The van der Waals surface area contributed by atoms with Crippen molar-refractivity contribution in [3.05, 3.63) is 52.6 Å². The van der Waals surface area contributed by atoms with Gasteiger partial charge >= 0.3 is 0 Å². The van der Waals surface area contributed by atoms with Crippen molar-refractivity contribution < 1.29 is 14.3 Å². The zero-order valence-corrected chi connectivity index (χ0v) is 14.6. The zero-order valence-electron chi connectivity index (χ0n) is 13.0. The van der Waals surface area contributed by atoms with Crippen molar-refractivity contribution in [2.75, 3.05) is 19.7 Å². The lowest BCUT2D eigenvalue weighted by atomic mass is 10.00. The monoisotopic (exact) mass is 388 g/mol. The first kappa shape index (κ1) is 15.4. The molecule has 0 radical (unpaired) electrons. The number of aromatic nitrogens is 1. The number of ether oxygens (including phenoxy) is 2. The predicted octanol–water partition coefficient (Wildman–Crippen LogP) is 3.00. The Morgan fingerprint density at radius 1 is 1.33 bits per heavy atom. The van der Waals surface area contributed by atoms with Crippen LogP contribution in [0, 0.1) is 0 Å². The quantitative estimate of drug-likeness (QED) is 0.810. The minimum Gasteiger partial charge on any atom is -0.492 e. The van der Waals surface area contributed by atoms with Gasteiger partial charge in [-0.05, 0) is 24.3 Å². The Hall–Kier alpha value is -2.08. The Balaban J connectivity index is 1.43. The molecule has 2 aromatic rings. The van der Waals surface area contributed by atoms with Gasteiger partial charge in [-0.2, -0.15) is 0 Å².